The van der Waals surface area contributed by atoms with Gasteiger partial charge in [-0.3, -0.25) is 4.79 Å². The third-order valence-electron chi connectivity index (χ3n) is 3.39. The van der Waals surface area contributed by atoms with Crippen LogP contribution in [0.4, 0.5) is 10.5 Å². The molecule has 1 aromatic carbocycles. The first kappa shape index (κ1) is 20.0. The molecule has 1 rings (SSSR count). The molecule has 0 heterocycles. The van der Waals surface area contributed by atoms with Crippen LogP contribution in [0.25, 0.3) is 0 Å². The zero-order valence-electron chi connectivity index (χ0n) is 14.9. The Bertz CT molecular complexity index is 527. The molecule has 6 nitrogen and oxygen atoms in total. The van der Waals surface area contributed by atoms with Crippen LogP contribution in [0.2, 0.25) is 0 Å². The number of anilines is 1. The summed E-state index contributed by atoms with van der Waals surface area (Å²) in [5, 5.41) is 17.6. The summed E-state index contributed by atoms with van der Waals surface area (Å²) in [6.45, 7) is 8.66. The second-order valence-electron chi connectivity index (χ2n) is 6.79. The Labute approximate surface area is 144 Å². The summed E-state index contributed by atoms with van der Waals surface area (Å²) < 4.78 is 0. The normalized spacial score (nSPS) is 12.1. The van der Waals surface area contributed by atoms with Crippen molar-refractivity contribution >= 4 is 17.6 Å². The highest BCUT2D eigenvalue weighted by Crippen LogP contribution is 2.10. The van der Waals surface area contributed by atoms with Crippen LogP contribution >= 0.6 is 0 Å². The van der Waals surface area contributed by atoms with E-state index in [4.69, 9.17) is 0 Å². The van der Waals surface area contributed by atoms with Gasteiger partial charge in [0.2, 0.25) is 0 Å². The van der Waals surface area contributed by atoms with Gasteiger partial charge in [0.1, 0.15) is 0 Å². The molecule has 0 saturated carbocycles. The van der Waals surface area contributed by atoms with Gasteiger partial charge in [-0.1, -0.05) is 27.7 Å². The van der Waals surface area contributed by atoms with Crippen molar-refractivity contribution in [3.8, 4) is 0 Å². The van der Waals surface area contributed by atoms with Crippen LogP contribution in [0.1, 0.15) is 44.5 Å². The SMILES string of the molecule is CC(C)CNC(=O)c1ccc(NC(=O)NC(CO)CC(C)C)cc1. The Morgan fingerprint density at radius 2 is 1.67 bits per heavy atom. The molecule has 0 aliphatic carbocycles. The molecule has 1 aromatic rings. The van der Waals surface area contributed by atoms with Gasteiger partial charge in [-0.25, -0.2) is 4.79 Å². The van der Waals surface area contributed by atoms with Crippen molar-refractivity contribution in [3.05, 3.63) is 29.8 Å². The standard InChI is InChI=1S/C18H29N3O3/c1-12(2)9-16(11-22)21-18(24)20-15-7-5-14(6-8-15)17(23)19-10-13(3)4/h5-8,12-13,16,22H,9-11H2,1-4H3,(H,19,23)(H2,20,21,24). The predicted molar refractivity (Wildman–Crippen MR) is 96.1 cm³/mol. The van der Waals surface area contributed by atoms with Crippen LogP contribution in [0.3, 0.4) is 0 Å². The molecule has 0 radical (unpaired) electrons. The van der Waals surface area contributed by atoms with Crippen molar-refractivity contribution in [2.45, 2.75) is 40.2 Å². The summed E-state index contributed by atoms with van der Waals surface area (Å²) in [6, 6.07) is 6.06. The van der Waals surface area contributed by atoms with E-state index in [1.165, 1.54) is 0 Å². The fraction of sp³-hybridized carbons (Fsp3) is 0.556. The Kier molecular flexibility index (Phi) is 8.26. The second kappa shape index (κ2) is 9.93. The Balaban J connectivity index is 2.54. The molecular formula is C18H29N3O3. The highest BCUT2D eigenvalue weighted by molar-refractivity contribution is 5.95. The average molecular weight is 335 g/mol. The molecule has 3 amide bonds. The molecule has 0 saturated heterocycles. The van der Waals surface area contributed by atoms with Gasteiger partial charge in [-0.05, 0) is 42.5 Å². The number of aliphatic hydroxyl groups excluding tert-OH is 1. The van der Waals surface area contributed by atoms with Gasteiger partial charge in [-0.2, -0.15) is 0 Å². The van der Waals surface area contributed by atoms with Crippen LogP contribution < -0.4 is 16.0 Å². The van der Waals surface area contributed by atoms with Gasteiger partial charge in [0.15, 0.2) is 0 Å². The molecule has 24 heavy (non-hydrogen) atoms. The molecule has 0 fully saturated rings. The van der Waals surface area contributed by atoms with E-state index in [-0.39, 0.29) is 24.6 Å². The minimum atomic E-state index is -0.369. The first-order valence-electron chi connectivity index (χ1n) is 8.38. The Morgan fingerprint density at radius 3 is 2.17 bits per heavy atom. The van der Waals surface area contributed by atoms with Gasteiger partial charge >= 0.3 is 6.03 Å². The van der Waals surface area contributed by atoms with E-state index in [1.54, 1.807) is 24.3 Å². The van der Waals surface area contributed by atoms with Crippen molar-refractivity contribution in [1.29, 1.82) is 0 Å². The van der Waals surface area contributed by atoms with E-state index >= 15 is 0 Å². The number of hydrogen-bond acceptors (Lipinski definition) is 3. The van der Waals surface area contributed by atoms with Crippen molar-refractivity contribution in [2.24, 2.45) is 11.8 Å². The molecule has 0 aliphatic rings. The number of urea groups is 1. The zero-order chi connectivity index (χ0) is 18.1. The lowest BCUT2D eigenvalue weighted by molar-refractivity contribution is 0.0949. The summed E-state index contributed by atoms with van der Waals surface area (Å²) in [5.41, 5.74) is 1.14. The number of aliphatic hydroxyl groups is 1. The highest BCUT2D eigenvalue weighted by Gasteiger charge is 2.13. The van der Waals surface area contributed by atoms with Crippen LogP contribution in [-0.4, -0.2) is 36.2 Å². The number of carbonyl (C=O) groups is 2. The van der Waals surface area contributed by atoms with E-state index in [0.29, 0.717) is 36.1 Å². The first-order chi connectivity index (χ1) is 11.3. The summed E-state index contributed by atoms with van der Waals surface area (Å²) in [4.78, 5) is 23.9. The highest BCUT2D eigenvalue weighted by atomic mass is 16.3. The summed E-state index contributed by atoms with van der Waals surface area (Å²) in [7, 11) is 0. The molecule has 0 aliphatic heterocycles. The minimum absolute atomic E-state index is 0.0967. The Hall–Kier alpha value is -2.08. The van der Waals surface area contributed by atoms with Gasteiger partial charge < -0.3 is 21.1 Å². The van der Waals surface area contributed by atoms with Crippen molar-refractivity contribution in [2.75, 3.05) is 18.5 Å². The largest absolute Gasteiger partial charge is 0.394 e. The number of carbonyl (C=O) groups excluding carboxylic acids is 2. The van der Waals surface area contributed by atoms with Crippen LogP contribution in [0, 0.1) is 11.8 Å². The van der Waals surface area contributed by atoms with Gasteiger partial charge in [0.05, 0.1) is 12.6 Å². The molecule has 0 aromatic heterocycles. The quantitative estimate of drug-likeness (QED) is 0.588. The maximum Gasteiger partial charge on any atom is 0.319 e. The van der Waals surface area contributed by atoms with Gasteiger partial charge in [0, 0.05) is 17.8 Å². The molecule has 1 atom stereocenters. The molecule has 6 heteroatoms. The topological polar surface area (TPSA) is 90.5 Å². The van der Waals surface area contributed by atoms with E-state index in [2.05, 4.69) is 16.0 Å². The summed E-state index contributed by atoms with van der Waals surface area (Å²) in [5.74, 6) is 0.645. The predicted octanol–water partition coefficient (Wildman–Crippen LogP) is 2.60. The van der Waals surface area contributed by atoms with Crippen LogP contribution in [-0.2, 0) is 0 Å². The number of rotatable bonds is 8. The van der Waals surface area contributed by atoms with E-state index < -0.39 is 0 Å². The van der Waals surface area contributed by atoms with Crippen LogP contribution in [0.15, 0.2) is 24.3 Å². The third-order valence-corrected chi connectivity index (χ3v) is 3.39. The number of benzene rings is 1. The monoisotopic (exact) mass is 335 g/mol. The van der Waals surface area contributed by atoms with Gasteiger partial charge in [0.25, 0.3) is 5.91 Å². The molecule has 0 spiro atoms. The first-order valence-corrected chi connectivity index (χ1v) is 8.38. The van der Waals surface area contributed by atoms with E-state index in [1.807, 2.05) is 27.7 Å². The fourth-order valence-electron chi connectivity index (χ4n) is 2.20. The van der Waals surface area contributed by atoms with E-state index in [9.17, 15) is 14.7 Å². The number of hydrogen-bond donors (Lipinski definition) is 4. The average Bonchev–Trinajstić information content (AvgIpc) is 2.52. The van der Waals surface area contributed by atoms with Gasteiger partial charge in [-0.15, -0.1) is 0 Å². The lowest BCUT2D eigenvalue weighted by atomic mass is 10.0. The molecule has 1 unspecified atom stereocenters. The maximum atomic E-state index is 11.9. The summed E-state index contributed by atoms with van der Waals surface area (Å²) >= 11 is 0. The molecule has 134 valence electrons. The van der Waals surface area contributed by atoms with Crippen molar-refractivity contribution in [1.82, 2.24) is 10.6 Å². The minimum Gasteiger partial charge on any atom is -0.394 e. The Morgan fingerprint density at radius 1 is 1.04 bits per heavy atom. The van der Waals surface area contributed by atoms with Crippen molar-refractivity contribution < 1.29 is 14.7 Å². The second-order valence-corrected chi connectivity index (χ2v) is 6.79. The smallest absolute Gasteiger partial charge is 0.319 e. The third kappa shape index (κ3) is 7.46. The van der Waals surface area contributed by atoms with E-state index in [0.717, 1.165) is 0 Å². The summed E-state index contributed by atoms with van der Waals surface area (Å²) in [6.07, 6.45) is 0.707. The molecule has 0 bridgehead atoms. The molecule has 4 N–H and O–H groups in total. The fourth-order valence-corrected chi connectivity index (χ4v) is 2.20. The lowest BCUT2D eigenvalue weighted by Crippen LogP contribution is -2.40. The number of amides is 3. The lowest BCUT2D eigenvalue weighted by Gasteiger charge is -2.18. The number of nitrogens with one attached hydrogen (secondary N) is 3. The maximum absolute atomic E-state index is 11.9. The van der Waals surface area contributed by atoms with Crippen LogP contribution in [0.5, 0.6) is 0 Å². The zero-order valence-corrected chi connectivity index (χ0v) is 14.9. The molecular weight excluding hydrogens is 306 g/mol. The van der Waals surface area contributed by atoms with Crippen molar-refractivity contribution in [3.63, 3.8) is 0 Å².